The predicted octanol–water partition coefficient (Wildman–Crippen LogP) is 5.93. The third-order valence-corrected chi connectivity index (χ3v) is 6.10. The highest BCUT2D eigenvalue weighted by molar-refractivity contribution is 8.18. The number of rotatable bonds is 9. The zero-order valence-electron chi connectivity index (χ0n) is 19.4. The van der Waals surface area contributed by atoms with E-state index in [2.05, 4.69) is 0 Å². The van der Waals surface area contributed by atoms with Crippen molar-refractivity contribution in [2.24, 2.45) is 0 Å². The van der Waals surface area contributed by atoms with E-state index < -0.39 is 27.1 Å². The molecule has 1 heterocycles. The number of carbonyl (C=O) groups is 2. The second-order valence-electron chi connectivity index (χ2n) is 7.66. The van der Waals surface area contributed by atoms with E-state index in [0.717, 1.165) is 35.5 Å². The van der Waals surface area contributed by atoms with Crippen molar-refractivity contribution in [1.29, 1.82) is 0 Å². The van der Waals surface area contributed by atoms with Gasteiger partial charge in [0.15, 0.2) is 11.5 Å². The van der Waals surface area contributed by atoms with E-state index in [1.54, 1.807) is 25.1 Å². The molecule has 0 bridgehead atoms. The van der Waals surface area contributed by atoms with Gasteiger partial charge < -0.3 is 9.47 Å². The van der Waals surface area contributed by atoms with E-state index in [9.17, 15) is 29.8 Å². The van der Waals surface area contributed by atoms with Crippen LogP contribution in [0.4, 0.5) is 16.2 Å². The molecule has 0 aliphatic carbocycles. The first-order valence-corrected chi connectivity index (χ1v) is 11.7. The number of nitrogens with zero attached hydrogens (tertiary/aromatic N) is 3. The number of carbonyl (C=O) groups excluding carboxylic acids is 2. The van der Waals surface area contributed by atoms with Crippen LogP contribution in [0.2, 0.25) is 0 Å². The van der Waals surface area contributed by atoms with Crippen molar-refractivity contribution in [2.45, 2.75) is 13.5 Å². The van der Waals surface area contributed by atoms with Gasteiger partial charge in [-0.2, -0.15) is 0 Å². The van der Waals surface area contributed by atoms with Gasteiger partial charge in [-0.05, 0) is 54.1 Å². The summed E-state index contributed by atoms with van der Waals surface area (Å²) in [4.78, 5) is 47.6. The summed E-state index contributed by atoms with van der Waals surface area (Å²) >= 11 is 0.827. The quantitative estimate of drug-likeness (QED) is 0.190. The minimum atomic E-state index is -0.775. The Morgan fingerprint density at radius 1 is 0.919 bits per heavy atom. The Kier molecular flexibility index (Phi) is 7.49. The van der Waals surface area contributed by atoms with E-state index in [0.29, 0.717) is 5.56 Å². The molecule has 0 radical (unpaired) electrons. The van der Waals surface area contributed by atoms with Crippen LogP contribution in [0.1, 0.15) is 18.1 Å². The Balaban J connectivity index is 1.60. The summed E-state index contributed by atoms with van der Waals surface area (Å²) < 4.78 is 11.3. The number of thioether (sulfide) groups is 1. The maximum absolute atomic E-state index is 12.9. The summed E-state index contributed by atoms with van der Waals surface area (Å²) in [6.45, 7) is 2.14. The molecule has 1 aliphatic heterocycles. The number of non-ortho nitro benzene ring substituents is 1. The first kappa shape index (κ1) is 25.4. The largest absolute Gasteiger partial charge is 0.490 e. The summed E-state index contributed by atoms with van der Waals surface area (Å²) in [5.74, 6) is -0.259. The molecule has 0 saturated carbocycles. The highest BCUT2D eigenvalue weighted by atomic mass is 32.2. The maximum Gasteiger partial charge on any atom is 0.318 e. The lowest BCUT2D eigenvalue weighted by molar-refractivity contribution is -0.394. The third kappa shape index (κ3) is 5.76. The van der Waals surface area contributed by atoms with Gasteiger partial charge in [-0.1, -0.05) is 36.4 Å². The zero-order chi connectivity index (χ0) is 26.5. The van der Waals surface area contributed by atoms with Gasteiger partial charge in [0.05, 0.1) is 34.0 Å². The number of imide groups is 1. The van der Waals surface area contributed by atoms with Crippen molar-refractivity contribution in [3.63, 3.8) is 0 Å². The zero-order valence-corrected chi connectivity index (χ0v) is 20.2. The molecule has 188 valence electrons. The van der Waals surface area contributed by atoms with Crippen LogP contribution in [-0.2, 0) is 11.3 Å². The Morgan fingerprint density at radius 3 is 2.32 bits per heavy atom. The van der Waals surface area contributed by atoms with Gasteiger partial charge >= 0.3 is 5.69 Å². The monoisotopic (exact) mass is 521 g/mol. The summed E-state index contributed by atoms with van der Waals surface area (Å²) in [7, 11) is 0. The number of nitro groups is 2. The average molecular weight is 522 g/mol. The van der Waals surface area contributed by atoms with E-state index in [1.807, 2.05) is 30.3 Å². The molecule has 0 aromatic heterocycles. The smallest absolute Gasteiger partial charge is 0.318 e. The second-order valence-corrected chi connectivity index (χ2v) is 8.65. The molecule has 3 aromatic carbocycles. The molecular weight excluding hydrogens is 502 g/mol. The van der Waals surface area contributed by atoms with Crippen molar-refractivity contribution in [1.82, 2.24) is 4.90 Å². The van der Waals surface area contributed by atoms with Crippen LogP contribution in [0, 0.1) is 20.2 Å². The molecule has 1 aliphatic rings. The normalized spacial score (nSPS) is 14.2. The first-order valence-electron chi connectivity index (χ1n) is 10.9. The van der Waals surface area contributed by atoms with Crippen molar-refractivity contribution in [3.05, 3.63) is 103 Å². The molecule has 3 aromatic rings. The minimum Gasteiger partial charge on any atom is -0.490 e. The fourth-order valence-electron chi connectivity index (χ4n) is 3.49. The first-order chi connectivity index (χ1) is 17.8. The van der Waals surface area contributed by atoms with Crippen LogP contribution < -0.4 is 9.47 Å². The number of hydrogen-bond donors (Lipinski definition) is 0. The lowest BCUT2D eigenvalue weighted by Crippen LogP contribution is -2.27. The lowest BCUT2D eigenvalue weighted by atomic mass is 10.1. The van der Waals surface area contributed by atoms with Gasteiger partial charge in [-0.15, -0.1) is 0 Å². The van der Waals surface area contributed by atoms with Gasteiger partial charge in [-0.25, -0.2) is 0 Å². The minimum absolute atomic E-state index is 0.133. The summed E-state index contributed by atoms with van der Waals surface area (Å²) in [5, 5.41) is 22.0. The number of benzene rings is 3. The maximum atomic E-state index is 12.9. The molecule has 4 rings (SSSR count). The second kappa shape index (κ2) is 10.9. The van der Waals surface area contributed by atoms with Crippen LogP contribution >= 0.6 is 11.8 Å². The average Bonchev–Trinajstić information content (AvgIpc) is 3.13. The number of amides is 2. The summed E-state index contributed by atoms with van der Waals surface area (Å²) in [5.41, 5.74) is 0.346. The van der Waals surface area contributed by atoms with Crippen molar-refractivity contribution in [3.8, 4) is 17.2 Å². The van der Waals surface area contributed by atoms with E-state index in [1.165, 1.54) is 11.0 Å². The SMILES string of the molecule is CCOc1cc(/C=C2/SC(=O)N(Cc3ccccc3)C2=O)ccc1Oc1ccc([N+](=O)[O-])cc1[N+](=O)[O-]. The van der Waals surface area contributed by atoms with Gasteiger partial charge in [0.1, 0.15) is 0 Å². The molecule has 0 spiro atoms. The highest BCUT2D eigenvalue weighted by Gasteiger charge is 2.35. The Morgan fingerprint density at radius 2 is 1.65 bits per heavy atom. The Bertz CT molecular complexity index is 1420. The standard InChI is InChI=1S/C25H19N3O8S/c1-2-35-22-12-17(13-23-24(29)26(25(30)37-23)15-16-6-4-3-5-7-16)8-10-21(22)36-20-11-9-18(27(31)32)14-19(20)28(33)34/h3-14H,2,15H2,1H3/b23-13+. The molecule has 11 nitrogen and oxygen atoms in total. The van der Waals surface area contributed by atoms with Crippen LogP contribution in [0.15, 0.2) is 71.6 Å². The van der Waals surface area contributed by atoms with Crippen LogP contribution in [0.5, 0.6) is 17.2 Å². The van der Waals surface area contributed by atoms with Gasteiger partial charge in [0, 0.05) is 6.07 Å². The molecular formula is C25H19N3O8S. The predicted molar refractivity (Wildman–Crippen MR) is 135 cm³/mol. The summed E-state index contributed by atoms with van der Waals surface area (Å²) in [6, 6.07) is 16.9. The molecule has 0 unspecified atom stereocenters. The summed E-state index contributed by atoms with van der Waals surface area (Å²) in [6.07, 6.45) is 1.55. The Labute approximate surface area is 214 Å². The molecule has 37 heavy (non-hydrogen) atoms. The van der Waals surface area contributed by atoms with Crippen molar-refractivity contribution >= 4 is 40.4 Å². The number of nitro benzene ring substituents is 2. The van der Waals surface area contributed by atoms with Crippen LogP contribution in [-0.4, -0.2) is 32.5 Å². The van der Waals surface area contributed by atoms with Crippen LogP contribution in [0.25, 0.3) is 6.08 Å². The van der Waals surface area contributed by atoms with Gasteiger partial charge in [0.2, 0.25) is 5.75 Å². The van der Waals surface area contributed by atoms with E-state index in [4.69, 9.17) is 9.47 Å². The third-order valence-electron chi connectivity index (χ3n) is 5.19. The number of hydrogen-bond acceptors (Lipinski definition) is 9. The van der Waals surface area contributed by atoms with Gasteiger partial charge in [0.25, 0.3) is 16.8 Å². The fraction of sp³-hybridized carbons (Fsp3) is 0.120. The molecule has 0 N–H and O–H groups in total. The Hall–Kier alpha value is -4.71. The fourth-order valence-corrected chi connectivity index (χ4v) is 4.33. The van der Waals surface area contributed by atoms with Crippen LogP contribution in [0.3, 0.4) is 0 Å². The highest BCUT2D eigenvalue weighted by Crippen LogP contribution is 2.40. The van der Waals surface area contributed by atoms with Crippen molar-refractivity contribution < 1.29 is 28.9 Å². The molecule has 12 heteroatoms. The molecule has 0 atom stereocenters. The van der Waals surface area contributed by atoms with Gasteiger partial charge in [-0.3, -0.25) is 34.7 Å². The topological polar surface area (TPSA) is 142 Å². The molecule has 2 amide bonds. The molecule has 1 fully saturated rings. The lowest BCUT2D eigenvalue weighted by Gasteiger charge is -2.13. The molecule has 1 saturated heterocycles. The van der Waals surface area contributed by atoms with E-state index in [-0.39, 0.29) is 40.5 Å². The van der Waals surface area contributed by atoms with Crippen molar-refractivity contribution in [2.75, 3.05) is 6.61 Å². The number of ether oxygens (including phenoxy) is 2. The van der Waals surface area contributed by atoms with E-state index >= 15 is 0 Å².